The number of carbonyl (C=O) groups excluding carboxylic acids is 1. The molecule has 88 valence electrons. The van der Waals surface area contributed by atoms with Crippen LogP contribution in [0.15, 0.2) is 18.3 Å². The minimum atomic E-state index is -0.0286. The molecule has 0 saturated carbocycles. The molecule has 1 aromatic rings. The third-order valence-corrected chi connectivity index (χ3v) is 2.12. The summed E-state index contributed by atoms with van der Waals surface area (Å²) in [6.45, 7) is 3.16. The van der Waals surface area contributed by atoms with Gasteiger partial charge in [-0.15, -0.1) is 0 Å². The van der Waals surface area contributed by atoms with Gasteiger partial charge in [0, 0.05) is 13.5 Å². The fourth-order valence-electron chi connectivity index (χ4n) is 1.24. The van der Waals surface area contributed by atoms with E-state index in [1.807, 2.05) is 14.1 Å². The number of hydrogen-bond acceptors (Lipinski definition) is 4. The van der Waals surface area contributed by atoms with Crippen molar-refractivity contribution in [3.63, 3.8) is 0 Å². The summed E-state index contributed by atoms with van der Waals surface area (Å²) in [6, 6.07) is 3.46. The van der Waals surface area contributed by atoms with Crippen LogP contribution in [0.1, 0.15) is 23.8 Å². The molecule has 0 aliphatic rings. The fourth-order valence-corrected chi connectivity index (χ4v) is 1.24. The molecule has 4 nitrogen and oxygen atoms in total. The summed E-state index contributed by atoms with van der Waals surface area (Å²) in [5.41, 5.74) is 0.473. The van der Waals surface area contributed by atoms with Crippen LogP contribution in [0.5, 0.6) is 5.75 Å². The highest BCUT2D eigenvalue weighted by Crippen LogP contribution is 2.09. The maximum absolute atomic E-state index is 11.0. The summed E-state index contributed by atoms with van der Waals surface area (Å²) in [6.07, 6.45) is 2.56. The molecule has 1 heterocycles. The molecule has 0 amide bonds. The molecule has 0 unspecified atom stereocenters. The van der Waals surface area contributed by atoms with E-state index in [-0.39, 0.29) is 5.78 Å². The fraction of sp³-hybridized carbons (Fsp3) is 0.500. The molecule has 0 radical (unpaired) electrons. The molecule has 0 N–H and O–H groups in total. The number of nitrogens with zero attached hydrogens (tertiary/aromatic N) is 2. The SMILES string of the molecule is CC(=O)c1ccc(OCCCN(C)C)cn1. The Morgan fingerprint density at radius 1 is 1.44 bits per heavy atom. The Hall–Kier alpha value is -1.42. The van der Waals surface area contributed by atoms with Gasteiger partial charge in [-0.1, -0.05) is 0 Å². The lowest BCUT2D eigenvalue weighted by Crippen LogP contribution is -2.15. The summed E-state index contributed by atoms with van der Waals surface area (Å²) in [5, 5.41) is 0. The highest BCUT2D eigenvalue weighted by molar-refractivity contribution is 5.92. The number of aromatic nitrogens is 1. The Kier molecular flexibility index (Phi) is 4.92. The van der Waals surface area contributed by atoms with Gasteiger partial charge in [-0.05, 0) is 32.6 Å². The lowest BCUT2D eigenvalue weighted by molar-refractivity contribution is 0.101. The van der Waals surface area contributed by atoms with Gasteiger partial charge < -0.3 is 9.64 Å². The first-order valence-electron chi connectivity index (χ1n) is 5.34. The van der Waals surface area contributed by atoms with Gasteiger partial charge >= 0.3 is 0 Å². The molecule has 0 spiro atoms. The van der Waals surface area contributed by atoms with Crippen LogP contribution >= 0.6 is 0 Å². The van der Waals surface area contributed by atoms with E-state index in [2.05, 4.69) is 9.88 Å². The molecule has 4 heteroatoms. The third kappa shape index (κ3) is 4.40. The zero-order valence-electron chi connectivity index (χ0n) is 10.1. The van der Waals surface area contributed by atoms with Gasteiger partial charge in [-0.2, -0.15) is 0 Å². The van der Waals surface area contributed by atoms with E-state index < -0.39 is 0 Å². The van der Waals surface area contributed by atoms with Crippen molar-refractivity contribution in [2.75, 3.05) is 27.2 Å². The van der Waals surface area contributed by atoms with Gasteiger partial charge in [0.1, 0.15) is 11.4 Å². The standard InChI is InChI=1S/C12H18N2O2/c1-10(15)12-6-5-11(9-13-12)16-8-4-7-14(2)3/h5-6,9H,4,7-8H2,1-3H3. The van der Waals surface area contributed by atoms with Crippen molar-refractivity contribution in [1.82, 2.24) is 9.88 Å². The zero-order chi connectivity index (χ0) is 12.0. The number of hydrogen-bond donors (Lipinski definition) is 0. The summed E-state index contributed by atoms with van der Waals surface area (Å²) < 4.78 is 5.49. The van der Waals surface area contributed by atoms with Crippen LogP contribution in [-0.2, 0) is 0 Å². The molecule has 1 rings (SSSR count). The van der Waals surface area contributed by atoms with Crippen LogP contribution in [-0.4, -0.2) is 42.9 Å². The molecule has 1 aromatic heterocycles. The van der Waals surface area contributed by atoms with Crippen LogP contribution < -0.4 is 4.74 Å². The topological polar surface area (TPSA) is 42.4 Å². The third-order valence-electron chi connectivity index (χ3n) is 2.12. The van der Waals surface area contributed by atoms with Gasteiger partial charge in [-0.25, -0.2) is 4.98 Å². The molecule has 16 heavy (non-hydrogen) atoms. The second-order valence-electron chi connectivity index (χ2n) is 3.94. The average molecular weight is 222 g/mol. The van der Waals surface area contributed by atoms with Crippen molar-refractivity contribution in [2.24, 2.45) is 0 Å². The van der Waals surface area contributed by atoms with Crippen LogP contribution in [0.3, 0.4) is 0 Å². The van der Waals surface area contributed by atoms with E-state index in [4.69, 9.17) is 4.74 Å². The zero-order valence-corrected chi connectivity index (χ0v) is 10.1. The van der Waals surface area contributed by atoms with E-state index in [9.17, 15) is 4.79 Å². The molecule has 0 aromatic carbocycles. The number of Topliss-reactive ketones (excluding diaryl/α,β-unsaturated/α-hetero) is 1. The molecule has 0 saturated heterocycles. The van der Waals surface area contributed by atoms with Gasteiger partial charge in [-0.3, -0.25) is 4.79 Å². The number of rotatable bonds is 6. The number of carbonyl (C=O) groups is 1. The largest absolute Gasteiger partial charge is 0.492 e. The van der Waals surface area contributed by atoms with Gasteiger partial charge in [0.05, 0.1) is 12.8 Å². The first-order chi connectivity index (χ1) is 7.59. The molecular formula is C12H18N2O2. The number of ether oxygens (including phenoxy) is 1. The smallest absolute Gasteiger partial charge is 0.178 e. The number of ketones is 1. The van der Waals surface area contributed by atoms with Crippen LogP contribution in [0.25, 0.3) is 0 Å². The Morgan fingerprint density at radius 2 is 2.19 bits per heavy atom. The Morgan fingerprint density at radius 3 is 2.69 bits per heavy atom. The van der Waals surface area contributed by atoms with Gasteiger partial charge in [0.2, 0.25) is 0 Å². The Bertz CT molecular complexity index is 333. The highest BCUT2D eigenvalue weighted by atomic mass is 16.5. The van der Waals surface area contributed by atoms with Gasteiger partial charge in [0.25, 0.3) is 0 Å². The Labute approximate surface area is 96.2 Å². The van der Waals surface area contributed by atoms with E-state index >= 15 is 0 Å². The highest BCUT2D eigenvalue weighted by Gasteiger charge is 2.01. The second kappa shape index (κ2) is 6.23. The molecule has 0 atom stereocenters. The molecule has 0 aliphatic carbocycles. The number of pyridine rings is 1. The molecule has 0 fully saturated rings. The first kappa shape index (κ1) is 12.6. The summed E-state index contributed by atoms with van der Waals surface area (Å²) in [7, 11) is 4.06. The lowest BCUT2D eigenvalue weighted by Gasteiger charge is -2.10. The minimum Gasteiger partial charge on any atom is -0.492 e. The Balaban J connectivity index is 2.35. The van der Waals surface area contributed by atoms with Crippen LogP contribution in [0.2, 0.25) is 0 Å². The van der Waals surface area contributed by atoms with Crippen LogP contribution in [0, 0.1) is 0 Å². The van der Waals surface area contributed by atoms with E-state index in [1.54, 1.807) is 18.3 Å². The maximum atomic E-state index is 11.0. The molecular weight excluding hydrogens is 204 g/mol. The molecule has 0 bridgehead atoms. The second-order valence-corrected chi connectivity index (χ2v) is 3.94. The summed E-state index contributed by atoms with van der Waals surface area (Å²) in [5.74, 6) is 0.683. The van der Waals surface area contributed by atoms with E-state index in [0.717, 1.165) is 13.0 Å². The summed E-state index contributed by atoms with van der Waals surface area (Å²) in [4.78, 5) is 17.1. The lowest BCUT2D eigenvalue weighted by atomic mass is 10.3. The van der Waals surface area contributed by atoms with Crippen molar-refractivity contribution in [1.29, 1.82) is 0 Å². The monoisotopic (exact) mass is 222 g/mol. The minimum absolute atomic E-state index is 0.0286. The first-order valence-corrected chi connectivity index (χ1v) is 5.34. The predicted molar refractivity (Wildman–Crippen MR) is 62.9 cm³/mol. The summed E-state index contributed by atoms with van der Waals surface area (Å²) >= 11 is 0. The molecule has 0 aliphatic heterocycles. The van der Waals surface area contributed by atoms with Crippen LogP contribution in [0.4, 0.5) is 0 Å². The average Bonchev–Trinajstić information content (AvgIpc) is 2.25. The van der Waals surface area contributed by atoms with E-state index in [1.165, 1.54) is 6.92 Å². The van der Waals surface area contributed by atoms with Crippen molar-refractivity contribution >= 4 is 5.78 Å². The van der Waals surface area contributed by atoms with Crippen molar-refractivity contribution < 1.29 is 9.53 Å². The van der Waals surface area contributed by atoms with Crippen molar-refractivity contribution in [2.45, 2.75) is 13.3 Å². The van der Waals surface area contributed by atoms with Crippen molar-refractivity contribution in [3.8, 4) is 5.75 Å². The normalized spacial score (nSPS) is 10.5. The maximum Gasteiger partial charge on any atom is 0.178 e. The van der Waals surface area contributed by atoms with Crippen molar-refractivity contribution in [3.05, 3.63) is 24.0 Å². The van der Waals surface area contributed by atoms with E-state index in [0.29, 0.717) is 18.1 Å². The van der Waals surface area contributed by atoms with Gasteiger partial charge in [0.15, 0.2) is 5.78 Å². The quantitative estimate of drug-likeness (QED) is 0.542. The predicted octanol–water partition coefficient (Wildman–Crippen LogP) is 1.61.